The summed E-state index contributed by atoms with van der Waals surface area (Å²) in [5, 5.41) is 1.08. The molecule has 1 aromatic heterocycles. The molecule has 2 unspecified atom stereocenters. The second-order valence-electron chi connectivity index (χ2n) is 12.4. The monoisotopic (exact) mass is 898 g/mol. The third kappa shape index (κ3) is 5.97. The van der Waals surface area contributed by atoms with Crippen LogP contribution in [0.4, 0.5) is 0 Å². The Kier molecular flexibility index (Phi) is 8.77. The van der Waals surface area contributed by atoms with E-state index in [2.05, 4.69) is 83.7 Å². The maximum Gasteiger partial charge on any atom is 0.153 e. The Bertz CT molecular complexity index is 1720. The van der Waals surface area contributed by atoms with Crippen LogP contribution in [0.15, 0.2) is 48.5 Å². The van der Waals surface area contributed by atoms with Crippen molar-refractivity contribution < 1.29 is 239 Å². The molecule has 1 fully saturated rings. The predicted octanol–water partition coefficient (Wildman–Crippen LogP) is 47.6. The first kappa shape index (κ1) is 30.2. The Balaban J connectivity index is -0.000000000928. The van der Waals surface area contributed by atoms with E-state index in [4.69, 9.17) is 18.9 Å². The summed E-state index contributed by atoms with van der Waals surface area (Å²) >= 11 is 1.72. The fourth-order valence-corrected chi connectivity index (χ4v) is 7.92. The molecule has 1 saturated heterocycles. The fourth-order valence-electron chi connectivity index (χ4n) is 6.69. The van der Waals surface area contributed by atoms with Crippen LogP contribution in [0.2, 0.25) is 0 Å². The Morgan fingerprint density at radius 2 is 1.64 bits per heavy atom. The molecule has 4 aromatic rings. The number of piperidine rings is 1. The minimum absolute atomic E-state index is 0. The van der Waals surface area contributed by atoms with Gasteiger partial charge in [-0.1, -0.05) is 6.42 Å². The summed E-state index contributed by atoms with van der Waals surface area (Å²) in [7, 11) is 3.42. The van der Waals surface area contributed by atoms with Gasteiger partial charge in [0.25, 0.3) is 0 Å². The molecular weight excluding hydrogens is 542 g/mol. The molecule has 3 aromatic carbocycles. The molecule has 0 radical (unpaired) electrons. The number of benzene rings is 3. The van der Waals surface area contributed by atoms with Gasteiger partial charge in [-0.05, 0) is 132 Å². The van der Waals surface area contributed by atoms with E-state index in [1.807, 2.05) is 18.2 Å². The standard InChI is InChI=1S/C36H45NO4S.154H2/c1-22-17-27(38-8)12-14-29(22)35-34(30-19-24(3)32(39-9)20-33(30)42-35)41-31-15-13-28(18-23(31)2)40-21-26(5)37-25(4)11-10-16-36(37,6)7;;;;;;;;;;;;;;;;;;;;;;;;;;;;;;;;;;;;;;;;;;;;;;;;;;;;;;;;;;;;;;;;;;;;;;;;;;;;;;;;;;;;;;;;;;;;;;;;;;;;;;;;;;;;;;;;;;;;;;;;;;;;;;;;;;;;;;;;;;;;;;;;;;;;;;;;;;/h12-15,17-20,25-26H,10-11,16,21H2,1-9H3;154*1H. The number of thiophene rings is 1. The zero-order chi connectivity index (χ0) is 30.2. The summed E-state index contributed by atoms with van der Waals surface area (Å²) in [4.78, 5) is 3.73. The maximum absolute atomic E-state index is 6.78. The largest absolute Gasteiger partial charge is 0.497 e. The van der Waals surface area contributed by atoms with Crippen LogP contribution in [0.25, 0.3) is 20.5 Å². The maximum atomic E-state index is 6.78. The van der Waals surface area contributed by atoms with E-state index in [-0.39, 0.29) is 225 Å². The van der Waals surface area contributed by atoms with Crippen LogP contribution in [0.5, 0.6) is 28.7 Å². The Labute approximate surface area is 484 Å². The number of nitrogens with zero attached hydrogens (tertiary/aromatic N) is 1. The van der Waals surface area contributed by atoms with Gasteiger partial charge in [0.2, 0.25) is 0 Å². The number of hydrogen-bond donors (Lipinski definition) is 0. The van der Waals surface area contributed by atoms with Gasteiger partial charge < -0.3 is 18.9 Å². The van der Waals surface area contributed by atoms with Crippen molar-refractivity contribution in [2.75, 3.05) is 20.8 Å². The number of fused-ring (bicyclic) bond motifs is 1. The Morgan fingerprint density at radius 1 is 0.929 bits per heavy atom. The first-order chi connectivity index (χ1) is 20.0. The molecule has 0 amide bonds. The van der Waals surface area contributed by atoms with E-state index in [0.717, 1.165) is 66.0 Å². The number of ether oxygens (including phenoxy) is 4. The molecule has 0 saturated carbocycles. The van der Waals surface area contributed by atoms with E-state index in [9.17, 15) is 0 Å². The molecule has 6 heteroatoms. The van der Waals surface area contributed by atoms with Crippen molar-refractivity contribution in [3.63, 3.8) is 0 Å². The highest BCUT2D eigenvalue weighted by molar-refractivity contribution is 7.22. The van der Waals surface area contributed by atoms with Gasteiger partial charge in [0.1, 0.15) is 29.6 Å². The minimum Gasteiger partial charge on any atom is -0.497 e. The molecule has 2 heterocycles. The van der Waals surface area contributed by atoms with Gasteiger partial charge in [-0.3, -0.25) is 4.90 Å². The number of aryl methyl sites for hydroxylation is 3. The number of likely N-dealkylation sites (tertiary alicyclic amines) is 1. The van der Waals surface area contributed by atoms with Gasteiger partial charge in [0.15, 0.2) is 5.75 Å². The molecule has 5 rings (SSSR count). The summed E-state index contributed by atoms with van der Waals surface area (Å²) < 4.78 is 25.4. The van der Waals surface area contributed by atoms with Crippen molar-refractivity contribution in [1.82, 2.24) is 4.90 Å². The lowest BCUT2D eigenvalue weighted by atomic mass is 9.85. The predicted molar refractivity (Wildman–Crippen MR) is 501 cm³/mol. The van der Waals surface area contributed by atoms with Crippen molar-refractivity contribution in [3.8, 4) is 39.2 Å². The number of hydrogen-bond acceptors (Lipinski definition) is 6. The third-order valence-electron chi connectivity index (χ3n) is 8.75. The van der Waals surface area contributed by atoms with Gasteiger partial charge in [0, 0.05) is 247 Å². The molecule has 5 nitrogen and oxygen atoms in total. The number of rotatable bonds is 9. The molecule has 0 spiro atoms. The van der Waals surface area contributed by atoms with Crippen LogP contribution in [0.1, 0.15) is 283 Å². The van der Waals surface area contributed by atoms with Gasteiger partial charge in [-0.15, -0.1) is 11.3 Å². The van der Waals surface area contributed by atoms with Crippen molar-refractivity contribution in [2.24, 2.45) is 0 Å². The highest BCUT2D eigenvalue weighted by Gasteiger charge is 2.37. The van der Waals surface area contributed by atoms with Crippen LogP contribution in [-0.2, 0) is 0 Å². The smallest absolute Gasteiger partial charge is 0.153 e. The molecule has 2 atom stereocenters. The van der Waals surface area contributed by atoms with Crippen molar-refractivity contribution in [3.05, 3.63) is 65.2 Å². The Morgan fingerprint density at radius 3 is 2.31 bits per heavy atom. The van der Waals surface area contributed by atoms with Crippen molar-refractivity contribution >= 4 is 21.4 Å². The summed E-state index contributed by atoms with van der Waals surface area (Å²) in [5.74, 6) is 4.28. The molecule has 0 aliphatic carbocycles. The van der Waals surface area contributed by atoms with E-state index < -0.39 is 0 Å². The highest BCUT2D eigenvalue weighted by atomic mass is 32.1. The average Bonchev–Trinajstić information content (AvgIpc) is 3.28. The second-order valence-corrected chi connectivity index (χ2v) is 13.5. The summed E-state index contributed by atoms with van der Waals surface area (Å²) in [5.41, 5.74) is 4.57. The summed E-state index contributed by atoms with van der Waals surface area (Å²) in [6.45, 7) is 16.3. The molecule has 42 heavy (non-hydrogen) atoms. The topological polar surface area (TPSA) is 40.2 Å². The zero-order valence-electron chi connectivity index (χ0n) is 26.6. The molecular formula is C36H353NO4S. The normalized spacial score (nSPS) is 17.7. The van der Waals surface area contributed by atoms with Crippen LogP contribution in [-0.4, -0.2) is 43.3 Å². The van der Waals surface area contributed by atoms with Gasteiger partial charge in [-0.25, -0.2) is 0 Å². The van der Waals surface area contributed by atoms with E-state index >= 15 is 0 Å². The van der Waals surface area contributed by atoms with Crippen molar-refractivity contribution in [1.29, 1.82) is 0 Å². The van der Waals surface area contributed by atoms with Gasteiger partial charge in [0.05, 0.1) is 19.1 Å². The van der Waals surface area contributed by atoms with Gasteiger partial charge >= 0.3 is 0 Å². The molecule has 532 valence electrons. The van der Waals surface area contributed by atoms with Crippen LogP contribution >= 0.6 is 11.3 Å². The molecule has 1 aliphatic heterocycles. The van der Waals surface area contributed by atoms with Crippen LogP contribution in [0.3, 0.4) is 0 Å². The van der Waals surface area contributed by atoms with E-state index in [1.165, 1.54) is 19.3 Å². The lowest BCUT2D eigenvalue weighted by Gasteiger charge is -2.49. The minimum atomic E-state index is 0. The molecule has 1 aliphatic rings. The van der Waals surface area contributed by atoms with Crippen LogP contribution < -0.4 is 18.9 Å². The molecule has 0 bridgehead atoms. The third-order valence-corrected chi connectivity index (χ3v) is 9.91. The summed E-state index contributed by atoms with van der Waals surface area (Å²) in [6.07, 6.45) is 3.78. The highest BCUT2D eigenvalue weighted by Crippen LogP contribution is 2.49. The van der Waals surface area contributed by atoms with Crippen molar-refractivity contribution in [2.45, 2.75) is 85.4 Å². The second kappa shape index (κ2) is 12.2. The first-order valence-electron chi connectivity index (χ1n) is 15.0. The lowest BCUT2D eigenvalue weighted by Crippen LogP contribution is -2.57. The quantitative estimate of drug-likeness (QED) is 0.167. The van der Waals surface area contributed by atoms with Crippen LogP contribution in [0, 0.1) is 20.8 Å². The molecule has 0 N–H and O–H groups in total. The number of methoxy groups -OCH3 is 2. The first-order valence-corrected chi connectivity index (χ1v) is 15.8. The van der Waals surface area contributed by atoms with E-state index in [0.29, 0.717) is 18.7 Å². The lowest BCUT2D eigenvalue weighted by molar-refractivity contribution is -0.0169. The fraction of sp³-hybridized carbons (Fsp3) is 0.444. The van der Waals surface area contributed by atoms with Gasteiger partial charge in [-0.2, -0.15) is 0 Å². The zero-order valence-corrected chi connectivity index (χ0v) is 27.4. The average molecular weight is 898 g/mol. The SMILES string of the molecule is COc1ccc(-c2sc3cc(OC)c(C)cc3c2Oc2ccc(OCC(C)N3C(C)CCCC3(C)C)cc2C)c(C)c1.[HH].[HH].[HH].[HH].[HH].[HH].[HH].[HH].[HH].[HH].[HH].[HH].[HH].[HH].[HH].[HH].[HH].[HH].[HH].[HH].[HH].[HH].[HH].[HH].[HH].[HH].[HH].[HH].[HH].[HH].[HH].[HH].[HH].[HH].[HH].[HH].[HH].[HH].[HH].[HH].[HH].[HH].[HH].[HH].[HH].[HH].[HH].[HH].[HH].[HH].[HH].[HH].[HH].[HH].[HH].[HH].[HH].[HH].[HH].[HH].[HH].[HH].[HH].[HH].[HH].[HH].[HH].[HH].[HH].[HH].[HH].[HH].[HH].[HH].[HH].[HH].[HH].[HH].[HH].[HH].[HH].[HH].[HH].[HH].[HH].[HH].[HH].[HH].[HH].[HH].[HH].[HH].[HH].[HH].[HH].[HH].[HH].[HH].[HH].[HH].[HH].[HH].[HH].[HH].[HH].[HH].[HH].[HH].[HH].[HH].[HH].[HH].[HH].[HH].[HH].[HH].[HH].[HH].[HH].[HH].[HH].[HH].[HH].[HH].[HH].[HH].[HH].[HH].[HH].[HH].[HH].[HH].[HH].[HH].[HH].[HH].[HH].[HH].[HH].[HH].[HH].[HH].[HH].[HH].[HH].[HH].[HH].[HH].[HH].[HH].[HH].[HH].[HH].[HH]. The Hall–Kier alpha value is -3.22. The van der Waals surface area contributed by atoms with E-state index in [1.54, 1.807) is 25.6 Å². The summed E-state index contributed by atoms with van der Waals surface area (Å²) in [6, 6.07) is 17.5.